The molecular formula is C24H27ClF2N4O4. The van der Waals surface area contributed by atoms with Crippen LogP contribution in [0.2, 0.25) is 5.02 Å². The van der Waals surface area contributed by atoms with E-state index in [1.54, 1.807) is 34.6 Å². The fourth-order valence-electron chi connectivity index (χ4n) is 3.29. The lowest BCUT2D eigenvalue weighted by atomic mass is 10.2. The van der Waals surface area contributed by atoms with Crippen LogP contribution in [0.3, 0.4) is 0 Å². The number of hydrogen-bond donors (Lipinski definition) is 2. The molecule has 0 radical (unpaired) electrons. The Morgan fingerprint density at radius 3 is 2.51 bits per heavy atom. The van der Waals surface area contributed by atoms with Crippen molar-refractivity contribution in [2.75, 3.05) is 6.54 Å². The molecule has 11 heteroatoms. The van der Waals surface area contributed by atoms with Crippen molar-refractivity contribution >= 4 is 29.2 Å². The molecule has 0 aliphatic rings. The number of halogens is 3. The number of carbonyl (C=O) groups excluding carboxylic acids is 2. The lowest BCUT2D eigenvalue weighted by molar-refractivity contribution is 0.0521. The van der Waals surface area contributed by atoms with Crippen molar-refractivity contribution in [2.24, 2.45) is 0 Å². The summed E-state index contributed by atoms with van der Waals surface area (Å²) in [5.74, 6) is -1.78. The number of alkyl carbamates (subject to hydrolysis) is 1. The Morgan fingerprint density at radius 2 is 1.89 bits per heavy atom. The Labute approximate surface area is 206 Å². The first-order chi connectivity index (χ1) is 16.4. The van der Waals surface area contributed by atoms with Crippen LogP contribution < -0.4 is 15.4 Å². The van der Waals surface area contributed by atoms with Crippen molar-refractivity contribution < 1.29 is 27.8 Å². The number of hydrogen-bond acceptors (Lipinski definition) is 5. The molecule has 8 nitrogen and oxygen atoms in total. The molecule has 0 bridgehead atoms. The Bertz CT molecular complexity index is 1240. The molecule has 3 aromatic rings. The lowest BCUT2D eigenvalue weighted by Gasteiger charge is -2.21. The number of benzene rings is 1. The van der Waals surface area contributed by atoms with Gasteiger partial charge in [0.25, 0.3) is 5.91 Å². The molecule has 2 heterocycles. The highest BCUT2D eigenvalue weighted by atomic mass is 35.5. The van der Waals surface area contributed by atoms with Gasteiger partial charge in [0.2, 0.25) is 0 Å². The number of amides is 2. The van der Waals surface area contributed by atoms with E-state index < -0.39 is 41.9 Å². The first-order valence-corrected chi connectivity index (χ1v) is 11.2. The second kappa shape index (κ2) is 10.5. The summed E-state index contributed by atoms with van der Waals surface area (Å²) in [4.78, 5) is 29.3. The molecule has 0 spiro atoms. The summed E-state index contributed by atoms with van der Waals surface area (Å²) in [7, 11) is 0. The Morgan fingerprint density at radius 1 is 1.23 bits per heavy atom. The van der Waals surface area contributed by atoms with Gasteiger partial charge in [-0.1, -0.05) is 17.7 Å². The molecule has 0 fully saturated rings. The third-order valence-electron chi connectivity index (χ3n) is 4.80. The van der Waals surface area contributed by atoms with E-state index in [-0.39, 0.29) is 34.2 Å². The quantitative estimate of drug-likeness (QED) is 0.478. The fraction of sp³-hybridized carbons (Fsp3) is 0.375. The van der Waals surface area contributed by atoms with E-state index in [1.165, 1.54) is 22.7 Å². The van der Waals surface area contributed by atoms with E-state index in [2.05, 4.69) is 15.6 Å². The van der Waals surface area contributed by atoms with E-state index in [9.17, 15) is 18.4 Å². The van der Waals surface area contributed by atoms with Gasteiger partial charge in [0.15, 0.2) is 11.4 Å². The van der Waals surface area contributed by atoms with Crippen LogP contribution in [-0.2, 0) is 11.3 Å². The number of aromatic nitrogens is 2. The molecule has 0 aliphatic carbocycles. The number of nitrogens with zero attached hydrogens (tertiary/aromatic N) is 2. The van der Waals surface area contributed by atoms with Crippen LogP contribution in [0.4, 0.5) is 13.6 Å². The second-order valence-corrected chi connectivity index (χ2v) is 9.44. The van der Waals surface area contributed by atoms with Gasteiger partial charge in [0, 0.05) is 24.8 Å². The summed E-state index contributed by atoms with van der Waals surface area (Å²) in [5.41, 5.74) is -0.0274. The van der Waals surface area contributed by atoms with Crippen molar-refractivity contribution in [2.45, 2.75) is 52.9 Å². The van der Waals surface area contributed by atoms with E-state index in [1.807, 2.05) is 0 Å². The van der Waals surface area contributed by atoms with E-state index in [0.717, 1.165) is 12.1 Å². The van der Waals surface area contributed by atoms with Crippen LogP contribution in [0.5, 0.6) is 5.75 Å². The fourth-order valence-corrected chi connectivity index (χ4v) is 3.49. The predicted octanol–water partition coefficient (Wildman–Crippen LogP) is 4.80. The summed E-state index contributed by atoms with van der Waals surface area (Å²) >= 11 is 6.23. The summed E-state index contributed by atoms with van der Waals surface area (Å²) in [6, 6.07) is 4.56. The first-order valence-electron chi connectivity index (χ1n) is 10.9. The van der Waals surface area contributed by atoms with Crippen LogP contribution in [-0.4, -0.2) is 39.6 Å². The third kappa shape index (κ3) is 6.60. The van der Waals surface area contributed by atoms with Crippen LogP contribution in [0.15, 0.2) is 30.5 Å². The molecule has 1 atom stereocenters. The van der Waals surface area contributed by atoms with Gasteiger partial charge in [-0.2, -0.15) is 0 Å². The molecule has 0 saturated heterocycles. The van der Waals surface area contributed by atoms with Gasteiger partial charge in [-0.15, -0.1) is 0 Å². The van der Waals surface area contributed by atoms with Crippen LogP contribution in [0.25, 0.3) is 5.65 Å². The van der Waals surface area contributed by atoms with Crippen LogP contribution >= 0.6 is 11.6 Å². The summed E-state index contributed by atoms with van der Waals surface area (Å²) in [5, 5.41) is 5.62. The number of aryl methyl sites for hydroxylation is 1. The number of imidazole rings is 1. The summed E-state index contributed by atoms with van der Waals surface area (Å²) in [6.45, 7) is 8.36. The van der Waals surface area contributed by atoms with Crippen LogP contribution in [0, 0.1) is 18.6 Å². The highest BCUT2D eigenvalue weighted by molar-refractivity contribution is 6.30. The molecule has 2 aromatic heterocycles. The van der Waals surface area contributed by atoms with Crippen molar-refractivity contribution in [3.8, 4) is 5.75 Å². The highest BCUT2D eigenvalue weighted by Crippen LogP contribution is 2.28. The molecule has 1 unspecified atom stereocenters. The summed E-state index contributed by atoms with van der Waals surface area (Å²) < 4.78 is 40.2. The predicted molar refractivity (Wildman–Crippen MR) is 127 cm³/mol. The number of carbonyl (C=O) groups is 2. The van der Waals surface area contributed by atoms with Crippen molar-refractivity contribution in [1.82, 2.24) is 20.0 Å². The van der Waals surface area contributed by atoms with Gasteiger partial charge in [0.05, 0.1) is 16.3 Å². The van der Waals surface area contributed by atoms with E-state index in [4.69, 9.17) is 21.1 Å². The Hall–Kier alpha value is -3.40. The average Bonchev–Trinajstić information content (AvgIpc) is 3.06. The zero-order valence-corrected chi connectivity index (χ0v) is 20.8. The second-order valence-electron chi connectivity index (χ2n) is 9.01. The monoisotopic (exact) mass is 508 g/mol. The maximum atomic E-state index is 14.0. The van der Waals surface area contributed by atoms with E-state index >= 15 is 0 Å². The zero-order chi connectivity index (χ0) is 25.9. The van der Waals surface area contributed by atoms with Crippen LogP contribution in [0.1, 0.15) is 49.4 Å². The number of nitrogens with one attached hydrogen (secondary N) is 2. The van der Waals surface area contributed by atoms with Crippen molar-refractivity contribution in [3.63, 3.8) is 0 Å². The van der Waals surface area contributed by atoms with Crippen molar-refractivity contribution in [3.05, 3.63) is 64.1 Å². The van der Waals surface area contributed by atoms with Gasteiger partial charge in [-0.25, -0.2) is 18.6 Å². The maximum absolute atomic E-state index is 14.0. The van der Waals surface area contributed by atoms with Gasteiger partial charge in [-0.05, 0) is 46.8 Å². The number of ether oxygens (including phenoxy) is 2. The molecule has 0 aliphatic heterocycles. The average molecular weight is 509 g/mol. The molecule has 2 amide bonds. The molecule has 1 aromatic carbocycles. The van der Waals surface area contributed by atoms with Gasteiger partial charge < -0.3 is 20.1 Å². The highest BCUT2D eigenvalue weighted by Gasteiger charge is 2.22. The van der Waals surface area contributed by atoms with Gasteiger partial charge in [-0.3, -0.25) is 9.20 Å². The standard InChI is InChI=1S/C24H27ClF2N4O4/c1-13(10-28-23(33)35-24(3,4)5)29-22(32)20-14(2)30-21-19(9-15(25)11-31(20)21)34-12-16-17(26)7-6-8-18(16)27/h6-9,11,13H,10,12H2,1-5H3,(H,28,33)(H,29,32). The van der Waals surface area contributed by atoms with Gasteiger partial charge >= 0.3 is 6.09 Å². The SMILES string of the molecule is Cc1nc2c(OCc3c(F)cccc3F)cc(Cl)cn2c1C(=O)NC(C)CNC(=O)OC(C)(C)C. The number of pyridine rings is 1. The van der Waals surface area contributed by atoms with E-state index in [0.29, 0.717) is 5.69 Å². The number of rotatable bonds is 7. The molecular weight excluding hydrogens is 482 g/mol. The normalized spacial score (nSPS) is 12.3. The Balaban J connectivity index is 1.77. The first kappa shape index (κ1) is 26.2. The zero-order valence-electron chi connectivity index (χ0n) is 20.0. The molecule has 2 N–H and O–H groups in total. The third-order valence-corrected chi connectivity index (χ3v) is 5.01. The minimum Gasteiger partial charge on any atom is -0.485 e. The molecule has 3 rings (SSSR count). The molecule has 0 saturated carbocycles. The topological polar surface area (TPSA) is 94.0 Å². The minimum absolute atomic E-state index is 0.139. The molecule has 188 valence electrons. The van der Waals surface area contributed by atoms with Gasteiger partial charge in [0.1, 0.15) is 29.5 Å². The molecule has 35 heavy (non-hydrogen) atoms. The summed E-state index contributed by atoms with van der Waals surface area (Å²) in [6.07, 6.45) is 0.899. The lowest BCUT2D eigenvalue weighted by Crippen LogP contribution is -2.43. The number of fused-ring (bicyclic) bond motifs is 1. The maximum Gasteiger partial charge on any atom is 0.407 e. The smallest absolute Gasteiger partial charge is 0.407 e. The largest absolute Gasteiger partial charge is 0.485 e. The minimum atomic E-state index is -0.739. The van der Waals surface area contributed by atoms with Crippen molar-refractivity contribution in [1.29, 1.82) is 0 Å². The Kier molecular flexibility index (Phi) is 7.84.